The molecule has 1 aliphatic rings. The van der Waals surface area contributed by atoms with Crippen molar-refractivity contribution in [2.24, 2.45) is 5.73 Å². The van der Waals surface area contributed by atoms with Crippen LogP contribution >= 0.6 is 0 Å². The highest BCUT2D eigenvalue weighted by Crippen LogP contribution is 2.24. The molecule has 1 saturated carbocycles. The van der Waals surface area contributed by atoms with Gasteiger partial charge in [0.15, 0.2) is 5.76 Å². The van der Waals surface area contributed by atoms with E-state index in [4.69, 9.17) is 10.2 Å². The summed E-state index contributed by atoms with van der Waals surface area (Å²) in [4.78, 5) is 14.4. The van der Waals surface area contributed by atoms with Gasteiger partial charge in [-0.15, -0.1) is 0 Å². The van der Waals surface area contributed by atoms with E-state index in [1.54, 1.807) is 18.4 Å². The van der Waals surface area contributed by atoms with Crippen molar-refractivity contribution >= 4 is 5.91 Å². The lowest BCUT2D eigenvalue weighted by Gasteiger charge is -2.33. The number of rotatable bonds is 5. The largest absolute Gasteiger partial charge is 0.459 e. The Morgan fingerprint density at radius 1 is 1.39 bits per heavy atom. The zero-order valence-corrected chi connectivity index (χ0v) is 10.8. The van der Waals surface area contributed by atoms with Crippen LogP contribution in [0.2, 0.25) is 0 Å². The minimum absolute atomic E-state index is 0.0142. The quantitative estimate of drug-likeness (QED) is 0.873. The molecule has 1 amide bonds. The molecule has 0 radical (unpaired) electrons. The molecule has 4 nitrogen and oxygen atoms in total. The van der Waals surface area contributed by atoms with Gasteiger partial charge in [-0.05, 0) is 37.9 Å². The summed E-state index contributed by atoms with van der Waals surface area (Å²) in [6, 6.07) is 3.86. The molecule has 18 heavy (non-hydrogen) atoms. The second kappa shape index (κ2) is 6.59. The zero-order chi connectivity index (χ0) is 12.8. The summed E-state index contributed by atoms with van der Waals surface area (Å²) < 4.78 is 5.22. The Labute approximate surface area is 108 Å². The Bertz CT molecular complexity index is 356. The van der Waals surface area contributed by atoms with Crippen molar-refractivity contribution in [2.75, 3.05) is 13.1 Å². The number of nitrogens with two attached hydrogens (primary N) is 1. The molecule has 0 atom stereocenters. The van der Waals surface area contributed by atoms with E-state index in [-0.39, 0.29) is 5.91 Å². The maximum Gasteiger partial charge on any atom is 0.289 e. The van der Waals surface area contributed by atoms with E-state index in [1.807, 2.05) is 4.90 Å². The normalized spacial score (nSPS) is 16.7. The van der Waals surface area contributed by atoms with E-state index < -0.39 is 0 Å². The fraction of sp³-hybridized carbons (Fsp3) is 0.643. The van der Waals surface area contributed by atoms with Crippen LogP contribution in [0.25, 0.3) is 0 Å². The van der Waals surface area contributed by atoms with E-state index in [0.717, 1.165) is 25.8 Å². The van der Waals surface area contributed by atoms with Gasteiger partial charge >= 0.3 is 0 Å². The molecule has 0 aliphatic heterocycles. The van der Waals surface area contributed by atoms with E-state index in [2.05, 4.69) is 0 Å². The SMILES string of the molecule is NCCCN(C(=O)c1ccco1)C1CCCCC1. The molecule has 100 valence electrons. The number of amides is 1. The zero-order valence-electron chi connectivity index (χ0n) is 10.8. The maximum atomic E-state index is 12.4. The average Bonchev–Trinajstić information content (AvgIpc) is 2.94. The molecule has 1 fully saturated rings. The average molecular weight is 250 g/mol. The van der Waals surface area contributed by atoms with Crippen molar-refractivity contribution in [3.05, 3.63) is 24.2 Å². The third-order valence-electron chi connectivity index (χ3n) is 3.61. The minimum atomic E-state index is 0.0142. The molecule has 2 N–H and O–H groups in total. The Hall–Kier alpha value is -1.29. The number of carbonyl (C=O) groups is 1. The van der Waals surface area contributed by atoms with Crippen LogP contribution in [0.4, 0.5) is 0 Å². The first-order valence-corrected chi connectivity index (χ1v) is 6.87. The van der Waals surface area contributed by atoms with Gasteiger partial charge in [-0.25, -0.2) is 0 Å². The standard InChI is InChI=1S/C14H22N2O2/c15-9-5-10-16(12-6-2-1-3-7-12)14(17)13-8-4-11-18-13/h4,8,11-12H,1-3,5-7,9-10,15H2. The molecule has 0 aromatic carbocycles. The van der Waals surface area contributed by atoms with E-state index >= 15 is 0 Å². The Kier molecular flexibility index (Phi) is 4.81. The fourth-order valence-corrected chi connectivity index (χ4v) is 2.65. The van der Waals surface area contributed by atoms with Crippen molar-refractivity contribution < 1.29 is 9.21 Å². The van der Waals surface area contributed by atoms with Crippen LogP contribution in [-0.2, 0) is 0 Å². The fourth-order valence-electron chi connectivity index (χ4n) is 2.65. The summed E-state index contributed by atoms with van der Waals surface area (Å²) >= 11 is 0. The highest BCUT2D eigenvalue weighted by molar-refractivity contribution is 5.91. The van der Waals surface area contributed by atoms with Gasteiger partial charge in [0.2, 0.25) is 0 Å². The molecule has 1 aliphatic carbocycles. The Morgan fingerprint density at radius 3 is 2.78 bits per heavy atom. The predicted molar refractivity (Wildman–Crippen MR) is 70.3 cm³/mol. The molecule has 0 saturated heterocycles. The van der Waals surface area contributed by atoms with Crippen molar-refractivity contribution in [3.63, 3.8) is 0 Å². The summed E-state index contributed by atoms with van der Waals surface area (Å²) in [5, 5.41) is 0. The molecule has 0 spiro atoms. The predicted octanol–water partition coefficient (Wildman–Crippen LogP) is 2.40. The third-order valence-corrected chi connectivity index (χ3v) is 3.61. The van der Waals surface area contributed by atoms with Gasteiger partial charge in [0.05, 0.1) is 6.26 Å². The Morgan fingerprint density at radius 2 is 2.17 bits per heavy atom. The van der Waals surface area contributed by atoms with Gasteiger partial charge in [-0.2, -0.15) is 0 Å². The number of nitrogens with zero attached hydrogens (tertiary/aromatic N) is 1. The van der Waals surface area contributed by atoms with Crippen molar-refractivity contribution in [1.82, 2.24) is 4.90 Å². The van der Waals surface area contributed by atoms with Crippen molar-refractivity contribution in [3.8, 4) is 0 Å². The highest BCUT2D eigenvalue weighted by Gasteiger charge is 2.26. The van der Waals surface area contributed by atoms with Crippen LogP contribution in [0.5, 0.6) is 0 Å². The van der Waals surface area contributed by atoms with Crippen LogP contribution < -0.4 is 5.73 Å². The molecular weight excluding hydrogens is 228 g/mol. The number of carbonyl (C=O) groups excluding carboxylic acids is 1. The van der Waals surface area contributed by atoms with E-state index in [1.165, 1.54) is 19.3 Å². The first-order valence-electron chi connectivity index (χ1n) is 6.87. The van der Waals surface area contributed by atoms with Crippen molar-refractivity contribution in [1.29, 1.82) is 0 Å². The van der Waals surface area contributed by atoms with Crippen molar-refractivity contribution in [2.45, 2.75) is 44.6 Å². The van der Waals surface area contributed by atoms with Gasteiger partial charge in [0.25, 0.3) is 5.91 Å². The Balaban J connectivity index is 2.05. The second-order valence-corrected chi connectivity index (χ2v) is 4.91. The molecule has 2 rings (SSSR count). The summed E-state index contributed by atoms with van der Waals surface area (Å²) in [5.74, 6) is 0.456. The lowest BCUT2D eigenvalue weighted by atomic mass is 9.94. The lowest BCUT2D eigenvalue weighted by Crippen LogP contribution is -2.42. The topological polar surface area (TPSA) is 59.5 Å². The minimum Gasteiger partial charge on any atom is -0.459 e. The highest BCUT2D eigenvalue weighted by atomic mass is 16.3. The summed E-state index contributed by atoms with van der Waals surface area (Å²) in [7, 11) is 0. The molecular formula is C14H22N2O2. The first kappa shape index (κ1) is 13.1. The molecule has 1 aromatic heterocycles. The molecule has 1 heterocycles. The summed E-state index contributed by atoms with van der Waals surface area (Å²) in [5.41, 5.74) is 5.56. The van der Waals surface area contributed by atoms with Gasteiger partial charge in [-0.3, -0.25) is 4.79 Å². The molecule has 1 aromatic rings. The van der Waals surface area contributed by atoms with Crippen LogP contribution in [0.15, 0.2) is 22.8 Å². The van der Waals surface area contributed by atoms with Crippen LogP contribution in [-0.4, -0.2) is 29.9 Å². The van der Waals surface area contributed by atoms with Crippen LogP contribution in [0.1, 0.15) is 49.1 Å². The smallest absolute Gasteiger partial charge is 0.289 e. The van der Waals surface area contributed by atoms with E-state index in [0.29, 0.717) is 18.3 Å². The van der Waals surface area contributed by atoms with Gasteiger partial charge in [0.1, 0.15) is 0 Å². The number of hydrogen-bond donors (Lipinski definition) is 1. The second-order valence-electron chi connectivity index (χ2n) is 4.91. The van der Waals surface area contributed by atoms with Gasteiger partial charge in [-0.1, -0.05) is 19.3 Å². The summed E-state index contributed by atoms with van der Waals surface area (Å²) in [6.07, 6.45) is 8.34. The number of hydrogen-bond acceptors (Lipinski definition) is 3. The van der Waals surface area contributed by atoms with Crippen LogP contribution in [0, 0.1) is 0 Å². The van der Waals surface area contributed by atoms with E-state index in [9.17, 15) is 4.79 Å². The first-order chi connectivity index (χ1) is 8.83. The van der Waals surface area contributed by atoms with Gasteiger partial charge in [0, 0.05) is 12.6 Å². The van der Waals surface area contributed by atoms with Gasteiger partial charge < -0.3 is 15.1 Å². The number of furan rings is 1. The molecule has 0 bridgehead atoms. The monoisotopic (exact) mass is 250 g/mol. The molecule has 4 heteroatoms. The lowest BCUT2D eigenvalue weighted by molar-refractivity contribution is 0.0600. The maximum absolute atomic E-state index is 12.4. The molecule has 0 unspecified atom stereocenters. The summed E-state index contributed by atoms with van der Waals surface area (Å²) in [6.45, 7) is 1.36. The van der Waals surface area contributed by atoms with Crippen LogP contribution in [0.3, 0.4) is 0 Å². The third kappa shape index (κ3) is 3.13.